The molecule has 0 spiro atoms. The molecule has 5 aliphatic rings. The Labute approximate surface area is 171 Å². The number of methoxy groups -OCH3 is 1. The summed E-state index contributed by atoms with van der Waals surface area (Å²) in [4.78, 5) is 28.3. The topological polar surface area (TPSA) is 70.7 Å². The second-order valence-electron chi connectivity index (χ2n) is 8.77. The first kappa shape index (κ1) is 18.3. The molecule has 2 aliphatic heterocycles. The molecule has 6 nitrogen and oxygen atoms in total. The summed E-state index contributed by atoms with van der Waals surface area (Å²) in [6.45, 7) is 1.33. The minimum Gasteiger partial charge on any atom is -0.469 e. The number of para-hydroxylation sites is 2. The number of anilines is 2. The summed E-state index contributed by atoms with van der Waals surface area (Å²) in [6, 6.07) is 8.01. The molecule has 152 valence electrons. The predicted molar refractivity (Wildman–Crippen MR) is 111 cm³/mol. The Morgan fingerprint density at radius 1 is 1.03 bits per heavy atom. The fourth-order valence-electron chi connectivity index (χ4n) is 5.52. The van der Waals surface area contributed by atoms with E-state index in [4.69, 9.17) is 4.74 Å². The van der Waals surface area contributed by atoms with E-state index in [1.807, 2.05) is 29.2 Å². The van der Waals surface area contributed by atoms with Gasteiger partial charge < -0.3 is 20.3 Å². The number of hydrogen-bond donors (Lipinski definition) is 2. The highest BCUT2D eigenvalue weighted by molar-refractivity contribution is 6.02. The van der Waals surface area contributed by atoms with Crippen LogP contribution in [0.2, 0.25) is 0 Å². The number of carbonyl (C=O) groups is 2. The van der Waals surface area contributed by atoms with Gasteiger partial charge in [-0.3, -0.25) is 9.59 Å². The average molecular weight is 393 g/mol. The summed E-state index contributed by atoms with van der Waals surface area (Å²) >= 11 is 0. The maximum Gasteiger partial charge on any atom is 0.311 e. The minimum atomic E-state index is -0.375. The maximum absolute atomic E-state index is 14.0. The van der Waals surface area contributed by atoms with Crippen LogP contribution in [0.15, 0.2) is 47.8 Å². The van der Waals surface area contributed by atoms with Crippen molar-refractivity contribution in [1.82, 2.24) is 5.32 Å². The van der Waals surface area contributed by atoms with Gasteiger partial charge in [0.15, 0.2) is 0 Å². The highest BCUT2D eigenvalue weighted by Gasteiger charge is 2.57. The molecule has 2 heterocycles. The smallest absolute Gasteiger partial charge is 0.311 e. The third kappa shape index (κ3) is 2.76. The molecule has 2 N–H and O–H groups in total. The van der Waals surface area contributed by atoms with Gasteiger partial charge in [0.2, 0.25) is 5.91 Å². The van der Waals surface area contributed by atoms with Crippen LogP contribution in [0.1, 0.15) is 38.5 Å². The second-order valence-corrected chi connectivity index (χ2v) is 8.77. The van der Waals surface area contributed by atoms with Crippen LogP contribution in [0.25, 0.3) is 0 Å². The van der Waals surface area contributed by atoms with Gasteiger partial charge in [-0.1, -0.05) is 24.3 Å². The summed E-state index contributed by atoms with van der Waals surface area (Å²) in [5.41, 5.74) is 2.21. The quantitative estimate of drug-likeness (QED) is 0.755. The summed E-state index contributed by atoms with van der Waals surface area (Å²) in [5.74, 6) is 1.07. The van der Waals surface area contributed by atoms with Gasteiger partial charge in [-0.25, -0.2) is 0 Å². The fourth-order valence-corrected chi connectivity index (χ4v) is 5.52. The number of nitrogens with one attached hydrogen (secondary N) is 2. The third-order valence-corrected chi connectivity index (χ3v) is 7.38. The van der Waals surface area contributed by atoms with Crippen LogP contribution in [0.3, 0.4) is 0 Å². The largest absolute Gasteiger partial charge is 0.469 e. The predicted octanol–water partition coefficient (Wildman–Crippen LogP) is 3.33. The molecule has 1 aromatic rings. The summed E-state index contributed by atoms with van der Waals surface area (Å²) in [6.07, 6.45) is 8.70. The molecule has 1 amide bonds. The molecular weight excluding hydrogens is 366 g/mol. The zero-order valence-electron chi connectivity index (χ0n) is 16.8. The van der Waals surface area contributed by atoms with Crippen LogP contribution < -0.4 is 15.5 Å². The molecule has 6 rings (SSSR count). The van der Waals surface area contributed by atoms with Gasteiger partial charge in [0.1, 0.15) is 5.82 Å². The summed E-state index contributed by atoms with van der Waals surface area (Å²) in [7, 11) is 1.47. The van der Waals surface area contributed by atoms with Crippen molar-refractivity contribution in [2.75, 3.05) is 30.4 Å². The molecule has 0 radical (unpaired) electrons. The number of dihydropyridines is 1. The van der Waals surface area contributed by atoms with Crippen LogP contribution in [0.5, 0.6) is 0 Å². The number of hydrogen-bond acceptors (Lipinski definition) is 5. The molecule has 2 bridgehead atoms. The zero-order chi connectivity index (χ0) is 20.1. The van der Waals surface area contributed by atoms with Crippen molar-refractivity contribution in [2.24, 2.45) is 10.8 Å². The number of carbonyl (C=O) groups excluding carboxylic acids is 2. The number of esters is 1. The molecule has 0 saturated heterocycles. The maximum atomic E-state index is 14.0. The molecule has 3 fully saturated rings. The van der Waals surface area contributed by atoms with E-state index >= 15 is 0 Å². The van der Waals surface area contributed by atoms with Crippen molar-refractivity contribution in [2.45, 2.75) is 38.5 Å². The standard InChI is InChI=1S/C23H27N3O3/c1-29-21(28)23-11-8-22(9-12-23,10-13-23)20(27)26-15-16-5-4-14-24-19(16)25-17-6-2-3-7-18(17)26/h2-7,24-25H,8-15H2,1H3. The SMILES string of the molecule is COC(=O)C12CCC(C(=O)N3CC4=C(NCC=C4)Nc4ccccc43)(CC1)CC2. The lowest BCUT2D eigenvalue weighted by Crippen LogP contribution is -2.54. The molecule has 29 heavy (non-hydrogen) atoms. The van der Waals surface area contributed by atoms with Crippen molar-refractivity contribution in [3.63, 3.8) is 0 Å². The van der Waals surface area contributed by atoms with Crippen molar-refractivity contribution in [1.29, 1.82) is 0 Å². The molecule has 3 aliphatic carbocycles. The number of ether oxygens (including phenoxy) is 1. The van der Waals surface area contributed by atoms with Crippen LogP contribution in [-0.2, 0) is 14.3 Å². The Morgan fingerprint density at radius 3 is 2.45 bits per heavy atom. The molecular formula is C23H27N3O3. The Morgan fingerprint density at radius 2 is 1.72 bits per heavy atom. The molecule has 6 heteroatoms. The van der Waals surface area contributed by atoms with E-state index < -0.39 is 0 Å². The molecule has 3 saturated carbocycles. The number of nitrogens with zero attached hydrogens (tertiary/aromatic N) is 1. The van der Waals surface area contributed by atoms with Crippen LogP contribution in [-0.4, -0.2) is 32.1 Å². The van der Waals surface area contributed by atoms with Gasteiger partial charge in [0.05, 0.1) is 30.4 Å². The van der Waals surface area contributed by atoms with Gasteiger partial charge >= 0.3 is 5.97 Å². The lowest BCUT2D eigenvalue weighted by Gasteiger charge is -2.51. The summed E-state index contributed by atoms with van der Waals surface area (Å²) < 4.78 is 5.08. The normalized spacial score (nSPS) is 29.9. The number of benzene rings is 1. The number of rotatable bonds is 2. The van der Waals surface area contributed by atoms with Crippen LogP contribution in [0, 0.1) is 10.8 Å². The van der Waals surface area contributed by atoms with Crippen molar-refractivity contribution in [3.05, 3.63) is 47.8 Å². The van der Waals surface area contributed by atoms with E-state index in [1.54, 1.807) is 0 Å². The van der Waals surface area contributed by atoms with E-state index in [1.165, 1.54) is 7.11 Å². The van der Waals surface area contributed by atoms with Gasteiger partial charge in [0.25, 0.3) is 0 Å². The van der Waals surface area contributed by atoms with E-state index in [0.29, 0.717) is 6.54 Å². The highest BCUT2D eigenvalue weighted by Crippen LogP contribution is 2.58. The molecule has 0 atom stereocenters. The van der Waals surface area contributed by atoms with Crippen LogP contribution >= 0.6 is 0 Å². The van der Waals surface area contributed by atoms with E-state index in [9.17, 15) is 9.59 Å². The Balaban J connectivity index is 1.48. The molecule has 1 aromatic carbocycles. The van der Waals surface area contributed by atoms with Crippen molar-refractivity contribution in [3.8, 4) is 0 Å². The first-order valence-electron chi connectivity index (χ1n) is 10.5. The summed E-state index contributed by atoms with van der Waals surface area (Å²) in [5, 5.41) is 6.87. The number of fused-ring (bicyclic) bond motifs is 4. The Hall–Kier alpha value is -2.76. The first-order valence-corrected chi connectivity index (χ1v) is 10.5. The van der Waals surface area contributed by atoms with E-state index in [0.717, 1.165) is 67.8 Å². The average Bonchev–Trinajstić information content (AvgIpc) is 2.96. The van der Waals surface area contributed by atoms with Crippen molar-refractivity contribution < 1.29 is 14.3 Å². The van der Waals surface area contributed by atoms with Crippen LogP contribution in [0.4, 0.5) is 11.4 Å². The fraction of sp³-hybridized carbons (Fsp3) is 0.478. The number of amides is 1. The lowest BCUT2D eigenvalue weighted by atomic mass is 9.53. The third-order valence-electron chi connectivity index (χ3n) is 7.38. The lowest BCUT2D eigenvalue weighted by molar-refractivity contribution is -0.165. The van der Waals surface area contributed by atoms with E-state index in [2.05, 4.69) is 22.8 Å². The van der Waals surface area contributed by atoms with Gasteiger partial charge in [0, 0.05) is 17.5 Å². The zero-order valence-corrected chi connectivity index (χ0v) is 16.8. The molecule has 0 aromatic heterocycles. The molecule has 0 unspecified atom stereocenters. The first-order chi connectivity index (χ1) is 14.1. The Bertz CT molecular complexity index is 909. The van der Waals surface area contributed by atoms with Gasteiger partial charge in [-0.15, -0.1) is 0 Å². The van der Waals surface area contributed by atoms with E-state index in [-0.39, 0.29) is 22.7 Å². The van der Waals surface area contributed by atoms with Crippen molar-refractivity contribution >= 4 is 23.3 Å². The monoisotopic (exact) mass is 393 g/mol. The minimum absolute atomic E-state index is 0.101. The van der Waals surface area contributed by atoms with Gasteiger partial charge in [-0.2, -0.15) is 0 Å². The Kier molecular flexibility index (Phi) is 4.19. The van der Waals surface area contributed by atoms with Gasteiger partial charge in [-0.05, 0) is 50.7 Å². The second kappa shape index (κ2) is 6.65. The highest BCUT2D eigenvalue weighted by atomic mass is 16.5.